The van der Waals surface area contributed by atoms with Crippen molar-refractivity contribution < 1.29 is 4.79 Å². The van der Waals surface area contributed by atoms with Gasteiger partial charge in [0.05, 0.1) is 35.6 Å². The molecule has 0 radical (unpaired) electrons. The topological polar surface area (TPSA) is 125 Å². The van der Waals surface area contributed by atoms with Crippen molar-refractivity contribution in [2.24, 2.45) is 0 Å². The summed E-state index contributed by atoms with van der Waals surface area (Å²) in [5.41, 5.74) is 2.40. The van der Waals surface area contributed by atoms with Gasteiger partial charge in [-0.2, -0.15) is 10.4 Å². The SMILES string of the molecule is N#CCC(=O)N1CCCC(n2c(=O)[nH]c3cnc(-c4cnn5ccccc45)nc32)C1. The lowest BCUT2D eigenvalue weighted by Gasteiger charge is -2.32. The fraction of sp³-hybridized carbons (Fsp3) is 0.300. The monoisotopic (exact) mass is 402 g/mol. The highest BCUT2D eigenvalue weighted by Crippen LogP contribution is 2.26. The first-order valence-electron chi connectivity index (χ1n) is 9.70. The fourth-order valence-corrected chi connectivity index (χ4v) is 4.06. The second kappa shape index (κ2) is 7.11. The van der Waals surface area contributed by atoms with E-state index in [4.69, 9.17) is 5.26 Å². The van der Waals surface area contributed by atoms with Gasteiger partial charge in [0, 0.05) is 19.3 Å². The van der Waals surface area contributed by atoms with E-state index < -0.39 is 0 Å². The van der Waals surface area contributed by atoms with E-state index in [1.807, 2.05) is 30.5 Å². The highest BCUT2D eigenvalue weighted by Gasteiger charge is 2.27. The number of imidazole rings is 1. The zero-order valence-corrected chi connectivity index (χ0v) is 16.0. The first kappa shape index (κ1) is 18.1. The number of hydrogen-bond acceptors (Lipinski definition) is 6. The van der Waals surface area contributed by atoms with Crippen molar-refractivity contribution in [3.05, 3.63) is 47.3 Å². The van der Waals surface area contributed by atoms with Crippen LogP contribution < -0.4 is 5.69 Å². The van der Waals surface area contributed by atoms with E-state index in [0.29, 0.717) is 30.1 Å². The number of aromatic amines is 1. The van der Waals surface area contributed by atoms with Gasteiger partial charge in [0.2, 0.25) is 5.91 Å². The lowest BCUT2D eigenvalue weighted by molar-refractivity contribution is -0.131. The summed E-state index contributed by atoms with van der Waals surface area (Å²) in [5.74, 6) is 0.265. The number of rotatable bonds is 3. The lowest BCUT2D eigenvalue weighted by Crippen LogP contribution is -2.42. The van der Waals surface area contributed by atoms with E-state index in [9.17, 15) is 9.59 Å². The van der Waals surface area contributed by atoms with Crippen LogP contribution in [-0.2, 0) is 4.79 Å². The number of nitrogens with one attached hydrogen (secondary N) is 1. The molecule has 5 heterocycles. The molecular weight excluding hydrogens is 384 g/mol. The molecule has 1 N–H and O–H groups in total. The molecule has 10 heteroatoms. The van der Waals surface area contributed by atoms with Crippen LogP contribution in [0.1, 0.15) is 25.3 Å². The van der Waals surface area contributed by atoms with E-state index in [0.717, 1.165) is 23.9 Å². The molecule has 0 spiro atoms. The molecule has 0 aromatic carbocycles. The van der Waals surface area contributed by atoms with Gasteiger partial charge in [-0.25, -0.2) is 19.3 Å². The minimum atomic E-state index is -0.282. The molecule has 0 bridgehead atoms. The Morgan fingerprint density at radius 1 is 1.33 bits per heavy atom. The summed E-state index contributed by atoms with van der Waals surface area (Å²) in [5, 5.41) is 13.1. The van der Waals surface area contributed by atoms with Crippen molar-refractivity contribution in [1.29, 1.82) is 5.26 Å². The van der Waals surface area contributed by atoms with Crippen LogP contribution in [0.5, 0.6) is 0 Å². The van der Waals surface area contributed by atoms with Crippen molar-refractivity contribution in [2.75, 3.05) is 13.1 Å². The van der Waals surface area contributed by atoms with Crippen LogP contribution in [0.25, 0.3) is 28.1 Å². The highest BCUT2D eigenvalue weighted by atomic mass is 16.2. The Balaban J connectivity index is 1.57. The van der Waals surface area contributed by atoms with Crippen molar-refractivity contribution in [2.45, 2.75) is 25.3 Å². The van der Waals surface area contributed by atoms with Gasteiger partial charge in [0.15, 0.2) is 11.5 Å². The maximum Gasteiger partial charge on any atom is 0.328 e. The van der Waals surface area contributed by atoms with Crippen molar-refractivity contribution in [3.8, 4) is 17.5 Å². The third-order valence-corrected chi connectivity index (χ3v) is 5.47. The molecule has 1 amide bonds. The minimum absolute atomic E-state index is 0.156. The van der Waals surface area contributed by atoms with Gasteiger partial charge in [-0.15, -0.1) is 0 Å². The van der Waals surface area contributed by atoms with Crippen LogP contribution in [-0.4, -0.2) is 53.0 Å². The summed E-state index contributed by atoms with van der Waals surface area (Å²) in [6, 6.07) is 7.42. The molecule has 4 aromatic rings. The molecule has 1 unspecified atom stereocenters. The number of hydrogen-bond donors (Lipinski definition) is 1. The van der Waals surface area contributed by atoms with E-state index in [-0.39, 0.29) is 24.1 Å². The predicted octanol–water partition coefficient (Wildman–Crippen LogP) is 1.51. The smallest absolute Gasteiger partial charge is 0.328 e. The molecule has 1 fully saturated rings. The largest absolute Gasteiger partial charge is 0.340 e. The van der Waals surface area contributed by atoms with Gasteiger partial charge in [-0.3, -0.25) is 9.36 Å². The minimum Gasteiger partial charge on any atom is -0.340 e. The maximum absolute atomic E-state index is 12.7. The van der Waals surface area contributed by atoms with Gasteiger partial charge in [0.25, 0.3) is 0 Å². The molecule has 0 saturated carbocycles. The van der Waals surface area contributed by atoms with Gasteiger partial charge < -0.3 is 9.88 Å². The third-order valence-electron chi connectivity index (χ3n) is 5.47. The van der Waals surface area contributed by atoms with Crippen LogP contribution in [0, 0.1) is 11.3 Å². The molecule has 4 aromatic heterocycles. The lowest BCUT2D eigenvalue weighted by atomic mass is 10.1. The normalized spacial score (nSPS) is 16.8. The Bertz CT molecular complexity index is 1360. The molecular formula is C20H18N8O2. The Morgan fingerprint density at radius 2 is 2.23 bits per heavy atom. The van der Waals surface area contributed by atoms with Crippen LogP contribution in [0.4, 0.5) is 0 Å². The predicted molar refractivity (Wildman–Crippen MR) is 107 cm³/mol. The van der Waals surface area contributed by atoms with Crippen LogP contribution >= 0.6 is 0 Å². The number of amides is 1. The average Bonchev–Trinajstić information content (AvgIpc) is 3.33. The number of piperidine rings is 1. The number of nitrogens with zero attached hydrogens (tertiary/aromatic N) is 7. The van der Waals surface area contributed by atoms with Crippen molar-refractivity contribution in [1.82, 2.24) is 34.0 Å². The summed E-state index contributed by atoms with van der Waals surface area (Å²) < 4.78 is 3.35. The first-order valence-corrected chi connectivity index (χ1v) is 9.70. The molecule has 150 valence electrons. The van der Waals surface area contributed by atoms with Crippen LogP contribution in [0.15, 0.2) is 41.6 Å². The Labute approximate surface area is 170 Å². The number of carbonyl (C=O) groups excluding carboxylic acids is 1. The average molecular weight is 402 g/mol. The third kappa shape index (κ3) is 2.91. The number of nitriles is 1. The number of carbonyl (C=O) groups is 1. The summed E-state index contributed by atoms with van der Waals surface area (Å²) in [6.07, 6.45) is 6.50. The molecule has 1 atom stereocenters. The second-order valence-corrected chi connectivity index (χ2v) is 7.29. The van der Waals surface area contributed by atoms with E-state index in [1.54, 1.807) is 26.4 Å². The summed E-state index contributed by atoms with van der Waals surface area (Å²) in [4.78, 5) is 38.4. The van der Waals surface area contributed by atoms with Crippen molar-refractivity contribution in [3.63, 3.8) is 0 Å². The molecule has 30 heavy (non-hydrogen) atoms. The highest BCUT2D eigenvalue weighted by molar-refractivity contribution is 5.80. The molecule has 0 aliphatic carbocycles. The Hall–Kier alpha value is -4.00. The number of aromatic nitrogens is 6. The number of H-pyrrole nitrogens is 1. The van der Waals surface area contributed by atoms with Crippen molar-refractivity contribution >= 4 is 22.6 Å². The fourth-order valence-electron chi connectivity index (χ4n) is 4.06. The first-order chi connectivity index (χ1) is 14.7. The zero-order chi connectivity index (χ0) is 20.7. The van der Waals surface area contributed by atoms with E-state index in [1.165, 1.54) is 0 Å². The van der Waals surface area contributed by atoms with E-state index >= 15 is 0 Å². The molecule has 1 aliphatic rings. The quantitative estimate of drug-likeness (QED) is 0.554. The van der Waals surface area contributed by atoms with Crippen LogP contribution in [0.2, 0.25) is 0 Å². The number of pyridine rings is 1. The Morgan fingerprint density at radius 3 is 3.10 bits per heavy atom. The summed E-state index contributed by atoms with van der Waals surface area (Å²) in [6.45, 7) is 0.972. The van der Waals surface area contributed by atoms with E-state index in [2.05, 4.69) is 20.1 Å². The summed E-state index contributed by atoms with van der Waals surface area (Å²) >= 11 is 0. The molecule has 10 nitrogen and oxygen atoms in total. The van der Waals surface area contributed by atoms with Crippen LogP contribution in [0.3, 0.4) is 0 Å². The molecule has 1 saturated heterocycles. The summed E-state index contributed by atoms with van der Waals surface area (Å²) in [7, 11) is 0. The van der Waals surface area contributed by atoms with Gasteiger partial charge >= 0.3 is 5.69 Å². The molecule has 5 rings (SSSR count). The molecule has 1 aliphatic heterocycles. The number of likely N-dealkylation sites (tertiary alicyclic amines) is 1. The number of fused-ring (bicyclic) bond motifs is 2. The van der Waals surface area contributed by atoms with Gasteiger partial charge in [-0.05, 0) is 25.0 Å². The Kier molecular flexibility index (Phi) is 4.28. The van der Waals surface area contributed by atoms with Gasteiger partial charge in [-0.1, -0.05) is 6.07 Å². The second-order valence-electron chi connectivity index (χ2n) is 7.29. The standard InChI is InChI=1S/C20H18N8O2/c21-7-6-17(29)26-8-3-4-13(12-26)28-19-15(24-20(28)30)11-22-18(25-19)14-10-23-27-9-2-1-5-16(14)27/h1-2,5,9-11,13H,3-4,6,8,12H2,(H,24,30). The van der Waals surface area contributed by atoms with Gasteiger partial charge in [0.1, 0.15) is 11.9 Å². The zero-order valence-electron chi connectivity index (χ0n) is 16.0. The maximum atomic E-state index is 12.7.